The van der Waals surface area contributed by atoms with Crippen molar-refractivity contribution in [2.24, 2.45) is 0 Å². The first-order valence-electron chi connectivity index (χ1n) is 7.93. The molecule has 144 valence electrons. The van der Waals surface area contributed by atoms with Crippen molar-refractivity contribution >= 4 is 27.6 Å². The van der Waals surface area contributed by atoms with Crippen molar-refractivity contribution in [2.45, 2.75) is 18.7 Å². The van der Waals surface area contributed by atoms with Gasteiger partial charge >= 0.3 is 0 Å². The standard InChI is InChI=1S/C17H20N4O5S/c1-11-4-6-14(7-5-11)27(25,26)21(3)10-16(23)19-20-17(24)15-8-13(9-18-15)12(2)22/h4-9,18H,10H2,1-3H3,(H,19,23)(H,20,24). The van der Waals surface area contributed by atoms with E-state index in [9.17, 15) is 22.8 Å². The Morgan fingerprint density at radius 3 is 2.30 bits per heavy atom. The van der Waals surface area contributed by atoms with E-state index in [1.807, 2.05) is 6.92 Å². The number of benzene rings is 1. The number of likely N-dealkylation sites (N-methyl/N-ethyl adjacent to an activating group) is 1. The van der Waals surface area contributed by atoms with E-state index < -0.39 is 28.4 Å². The molecule has 1 aromatic heterocycles. The summed E-state index contributed by atoms with van der Waals surface area (Å²) in [7, 11) is -2.57. The zero-order valence-corrected chi connectivity index (χ0v) is 15.9. The molecule has 0 atom stereocenters. The predicted octanol–water partition coefficient (Wildman–Crippen LogP) is 0.607. The van der Waals surface area contributed by atoms with Gasteiger partial charge < -0.3 is 4.98 Å². The molecule has 0 radical (unpaired) electrons. The molecule has 0 saturated heterocycles. The van der Waals surface area contributed by atoms with Crippen LogP contribution >= 0.6 is 0 Å². The van der Waals surface area contributed by atoms with Crippen LogP contribution in [0.25, 0.3) is 0 Å². The number of sulfonamides is 1. The molecule has 0 bridgehead atoms. The van der Waals surface area contributed by atoms with Crippen LogP contribution in [-0.4, -0.2) is 48.9 Å². The molecule has 0 aliphatic rings. The molecule has 0 aliphatic carbocycles. The van der Waals surface area contributed by atoms with Crippen molar-refractivity contribution in [3.63, 3.8) is 0 Å². The van der Waals surface area contributed by atoms with Crippen LogP contribution in [0.2, 0.25) is 0 Å². The average Bonchev–Trinajstić information content (AvgIpc) is 3.10. The highest BCUT2D eigenvalue weighted by Crippen LogP contribution is 2.14. The summed E-state index contributed by atoms with van der Waals surface area (Å²) in [6.07, 6.45) is 1.38. The lowest BCUT2D eigenvalue weighted by molar-refractivity contribution is -0.121. The Hall–Kier alpha value is -2.98. The third-order valence-electron chi connectivity index (χ3n) is 3.75. The van der Waals surface area contributed by atoms with Crippen molar-refractivity contribution in [2.75, 3.05) is 13.6 Å². The van der Waals surface area contributed by atoms with E-state index in [1.165, 1.54) is 38.4 Å². The zero-order chi connectivity index (χ0) is 20.2. The lowest BCUT2D eigenvalue weighted by atomic mass is 10.2. The molecule has 0 spiro atoms. The summed E-state index contributed by atoms with van der Waals surface area (Å²) >= 11 is 0. The van der Waals surface area contributed by atoms with Crippen molar-refractivity contribution in [1.29, 1.82) is 0 Å². The molecule has 2 rings (SSSR count). The van der Waals surface area contributed by atoms with Crippen LogP contribution in [0.1, 0.15) is 33.3 Å². The van der Waals surface area contributed by atoms with E-state index in [2.05, 4.69) is 15.8 Å². The maximum absolute atomic E-state index is 12.4. The predicted molar refractivity (Wildman–Crippen MR) is 97.4 cm³/mol. The van der Waals surface area contributed by atoms with Gasteiger partial charge in [0, 0.05) is 18.8 Å². The molecule has 2 amide bonds. The molecule has 0 aliphatic heterocycles. The minimum Gasteiger partial charge on any atom is -0.356 e. The molecule has 1 heterocycles. The fraction of sp³-hybridized carbons (Fsp3) is 0.235. The van der Waals surface area contributed by atoms with Gasteiger partial charge in [0.25, 0.3) is 11.8 Å². The fourth-order valence-electron chi connectivity index (χ4n) is 2.14. The lowest BCUT2D eigenvalue weighted by Gasteiger charge is -2.17. The lowest BCUT2D eigenvalue weighted by Crippen LogP contribution is -2.46. The Balaban J connectivity index is 1.93. The normalized spacial score (nSPS) is 11.3. The van der Waals surface area contributed by atoms with Gasteiger partial charge in [0.15, 0.2) is 5.78 Å². The van der Waals surface area contributed by atoms with Crippen molar-refractivity contribution in [1.82, 2.24) is 20.1 Å². The second-order valence-electron chi connectivity index (χ2n) is 5.93. The summed E-state index contributed by atoms with van der Waals surface area (Å²) in [6, 6.07) is 7.58. The molecule has 2 aromatic rings. The number of nitrogens with one attached hydrogen (secondary N) is 3. The zero-order valence-electron chi connectivity index (χ0n) is 15.1. The molecule has 9 nitrogen and oxygen atoms in total. The number of aromatic amines is 1. The molecular weight excluding hydrogens is 372 g/mol. The second-order valence-corrected chi connectivity index (χ2v) is 7.98. The van der Waals surface area contributed by atoms with Crippen LogP contribution < -0.4 is 10.9 Å². The van der Waals surface area contributed by atoms with Crippen molar-refractivity contribution in [3.05, 3.63) is 53.3 Å². The maximum atomic E-state index is 12.4. The number of aromatic nitrogens is 1. The largest absolute Gasteiger partial charge is 0.356 e. The van der Waals surface area contributed by atoms with E-state index in [0.29, 0.717) is 5.56 Å². The Morgan fingerprint density at radius 1 is 1.11 bits per heavy atom. The Morgan fingerprint density at radius 2 is 1.74 bits per heavy atom. The molecule has 27 heavy (non-hydrogen) atoms. The van der Waals surface area contributed by atoms with Crippen LogP contribution in [-0.2, 0) is 14.8 Å². The SMILES string of the molecule is CC(=O)c1c[nH]c(C(=O)NNC(=O)CN(C)S(=O)(=O)c2ccc(C)cc2)c1. The summed E-state index contributed by atoms with van der Waals surface area (Å²) in [5.74, 6) is -1.60. The number of nitrogens with zero attached hydrogens (tertiary/aromatic N) is 1. The summed E-state index contributed by atoms with van der Waals surface area (Å²) in [6.45, 7) is 2.70. The molecule has 0 unspecified atom stereocenters. The topological polar surface area (TPSA) is 128 Å². The number of amides is 2. The molecule has 0 fully saturated rings. The van der Waals surface area contributed by atoms with E-state index >= 15 is 0 Å². The van der Waals surface area contributed by atoms with E-state index in [1.54, 1.807) is 12.1 Å². The van der Waals surface area contributed by atoms with Gasteiger partial charge in [-0.1, -0.05) is 17.7 Å². The highest BCUT2D eigenvalue weighted by molar-refractivity contribution is 7.89. The summed E-state index contributed by atoms with van der Waals surface area (Å²) in [5.41, 5.74) is 5.61. The van der Waals surface area contributed by atoms with Gasteiger partial charge in [0.05, 0.1) is 11.4 Å². The number of aryl methyl sites for hydroxylation is 1. The number of ketones is 1. The number of H-pyrrole nitrogens is 1. The monoisotopic (exact) mass is 392 g/mol. The van der Waals surface area contributed by atoms with Gasteiger partial charge in [-0.25, -0.2) is 8.42 Å². The maximum Gasteiger partial charge on any atom is 0.286 e. The first kappa shape index (κ1) is 20.3. The Labute approximate surface area is 156 Å². The van der Waals surface area contributed by atoms with Crippen molar-refractivity contribution < 1.29 is 22.8 Å². The minimum atomic E-state index is -3.83. The first-order chi connectivity index (χ1) is 12.6. The van der Waals surface area contributed by atoms with E-state index in [-0.39, 0.29) is 16.4 Å². The Bertz CT molecular complexity index is 963. The van der Waals surface area contributed by atoms with Gasteiger partial charge in [-0.05, 0) is 32.0 Å². The highest BCUT2D eigenvalue weighted by atomic mass is 32.2. The van der Waals surface area contributed by atoms with Gasteiger partial charge in [0.2, 0.25) is 10.0 Å². The highest BCUT2D eigenvalue weighted by Gasteiger charge is 2.23. The average molecular weight is 392 g/mol. The summed E-state index contributed by atoms with van der Waals surface area (Å²) < 4.78 is 25.7. The number of hydrazine groups is 1. The number of carbonyl (C=O) groups excluding carboxylic acids is 3. The Kier molecular flexibility index (Phi) is 6.13. The fourth-order valence-corrected chi connectivity index (χ4v) is 3.27. The number of rotatable bonds is 6. The summed E-state index contributed by atoms with van der Waals surface area (Å²) in [5, 5.41) is 0. The van der Waals surface area contributed by atoms with E-state index in [0.717, 1.165) is 9.87 Å². The van der Waals surface area contributed by atoms with Crippen LogP contribution in [0.15, 0.2) is 41.4 Å². The molecule has 10 heteroatoms. The first-order valence-corrected chi connectivity index (χ1v) is 9.37. The van der Waals surface area contributed by atoms with Crippen LogP contribution in [0.5, 0.6) is 0 Å². The third kappa shape index (κ3) is 5.02. The molecule has 1 aromatic carbocycles. The van der Waals surface area contributed by atoms with Gasteiger partial charge in [-0.3, -0.25) is 25.2 Å². The van der Waals surface area contributed by atoms with Gasteiger partial charge in [0.1, 0.15) is 5.69 Å². The van der Waals surface area contributed by atoms with E-state index in [4.69, 9.17) is 0 Å². The third-order valence-corrected chi connectivity index (χ3v) is 5.56. The van der Waals surface area contributed by atoms with Crippen LogP contribution in [0, 0.1) is 6.92 Å². The molecule has 0 saturated carbocycles. The van der Waals surface area contributed by atoms with Crippen molar-refractivity contribution in [3.8, 4) is 0 Å². The summed E-state index contributed by atoms with van der Waals surface area (Å²) in [4.78, 5) is 37.8. The molecular formula is C17H20N4O5S. The van der Waals surface area contributed by atoms with Crippen LogP contribution in [0.4, 0.5) is 0 Å². The van der Waals surface area contributed by atoms with Crippen LogP contribution in [0.3, 0.4) is 0 Å². The van der Waals surface area contributed by atoms with Gasteiger partial charge in [-0.2, -0.15) is 4.31 Å². The number of carbonyl (C=O) groups is 3. The smallest absolute Gasteiger partial charge is 0.286 e. The quantitative estimate of drug-likeness (QED) is 0.490. The second kappa shape index (κ2) is 8.14. The van der Waals surface area contributed by atoms with Gasteiger partial charge in [-0.15, -0.1) is 0 Å². The molecule has 3 N–H and O–H groups in total. The minimum absolute atomic E-state index is 0.0654. The number of hydrogen-bond donors (Lipinski definition) is 3. The number of hydrogen-bond acceptors (Lipinski definition) is 5. The number of Topliss-reactive ketones (excluding diaryl/α,β-unsaturated/α-hetero) is 1.